The quantitative estimate of drug-likeness (QED) is 0.772. The van der Waals surface area contributed by atoms with Crippen molar-refractivity contribution < 1.29 is 4.79 Å². The van der Waals surface area contributed by atoms with Gasteiger partial charge in [-0.25, -0.2) is 9.97 Å². The molecular formula is C16H18N2O. The van der Waals surface area contributed by atoms with Crippen LogP contribution in [-0.2, 0) is 5.41 Å². The summed E-state index contributed by atoms with van der Waals surface area (Å²) in [7, 11) is 0. The van der Waals surface area contributed by atoms with E-state index < -0.39 is 0 Å². The number of nitrogens with zero attached hydrogens (tertiary/aromatic N) is 2. The highest BCUT2D eigenvalue weighted by molar-refractivity contribution is 6.07. The maximum absolute atomic E-state index is 12.3. The fraction of sp³-hybridized carbons (Fsp3) is 0.312. The van der Waals surface area contributed by atoms with Gasteiger partial charge >= 0.3 is 0 Å². The summed E-state index contributed by atoms with van der Waals surface area (Å²) >= 11 is 0. The van der Waals surface area contributed by atoms with E-state index in [-0.39, 0.29) is 11.2 Å². The molecule has 1 heterocycles. The summed E-state index contributed by atoms with van der Waals surface area (Å²) < 4.78 is 0. The minimum Gasteiger partial charge on any atom is -0.287 e. The molecule has 0 aliphatic rings. The van der Waals surface area contributed by atoms with Gasteiger partial charge in [-0.05, 0) is 24.0 Å². The Kier molecular flexibility index (Phi) is 3.47. The van der Waals surface area contributed by atoms with Gasteiger partial charge in [0.05, 0.1) is 0 Å². The maximum Gasteiger partial charge on any atom is 0.211 e. The first-order chi connectivity index (χ1) is 8.88. The van der Waals surface area contributed by atoms with E-state index in [1.54, 1.807) is 19.2 Å². The Bertz CT molecular complexity index is 595. The molecular weight excluding hydrogens is 236 g/mol. The molecule has 0 N–H and O–H groups in total. The molecule has 19 heavy (non-hydrogen) atoms. The van der Waals surface area contributed by atoms with Crippen LogP contribution in [0.4, 0.5) is 0 Å². The summed E-state index contributed by atoms with van der Waals surface area (Å²) in [6, 6.07) is 9.37. The van der Waals surface area contributed by atoms with E-state index in [9.17, 15) is 4.79 Å². The zero-order valence-corrected chi connectivity index (χ0v) is 11.8. The molecule has 98 valence electrons. The second-order valence-corrected chi connectivity index (χ2v) is 5.65. The Morgan fingerprint density at radius 2 is 1.68 bits per heavy atom. The molecule has 0 saturated heterocycles. The van der Waals surface area contributed by atoms with Crippen molar-refractivity contribution in [2.75, 3.05) is 0 Å². The molecule has 2 rings (SSSR count). The summed E-state index contributed by atoms with van der Waals surface area (Å²) in [6.07, 6.45) is 1.61. The van der Waals surface area contributed by atoms with Crippen LogP contribution in [0.3, 0.4) is 0 Å². The highest BCUT2D eigenvalue weighted by Crippen LogP contribution is 2.22. The number of ketones is 1. The van der Waals surface area contributed by atoms with Gasteiger partial charge in [-0.2, -0.15) is 0 Å². The van der Waals surface area contributed by atoms with E-state index in [1.165, 1.54) is 5.56 Å². The van der Waals surface area contributed by atoms with Crippen LogP contribution in [0, 0.1) is 6.92 Å². The monoisotopic (exact) mass is 254 g/mol. The van der Waals surface area contributed by atoms with E-state index in [2.05, 4.69) is 30.7 Å². The molecule has 0 atom stereocenters. The molecule has 0 aliphatic carbocycles. The summed E-state index contributed by atoms with van der Waals surface area (Å²) in [5.41, 5.74) is 2.40. The molecule has 0 spiro atoms. The lowest BCUT2D eigenvalue weighted by molar-refractivity contribution is 0.103. The molecule has 0 amide bonds. The third kappa shape index (κ3) is 3.05. The lowest BCUT2D eigenvalue weighted by Crippen LogP contribution is -2.12. The normalized spacial score (nSPS) is 11.4. The predicted octanol–water partition coefficient (Wildman–Crippen LogP) is 3.31. The molecule has 1 aromatic carbocycles. The fourth-order valence-electron chi connectivity index (χ4n) is 1.85. The minimum atomic E-state index is -0.0639. The topological polar surface area (TPSA) is 42.9 Å². The zero-order valence-electron chi connectivity index (χ0n) is 11.8. The van der Waals surface area contributed by atoms with Gasteiger partial charge in [0, 0.05) is 11.8 Å². The van der Waals surface area contributed by atoms with Crippen LogP contribution in [0.15, 0.2) is 36.5 Å². The Hall–Kier alpha value is -2.03. The van der Waals surface area contributed by atoms with Crippen molar-refractivity contribution >= 4 is 5.78 Å². The van der Waals surface area contributed by atoms with Crippen molar-refractivity contribution in [1.82, 2.24) is 9.97 Å². The van der Waals surface area contributed by atoms with Gasteiger partial charge in [0.25, 0.3) is 0 Å². The Morgan fingerprint density at radius 1 is 1.05 bits per heavy atom. The number of benzene rings is 1. The minimum absolute atomic E-state index is 0.0639. The van der Waals surface area contributed by atoms with Crippen LogP contribution in [0.25, 0.3) is 0 Å². The summed E-state index contributed by atoms with van der Waals surface area (Å²) in [5, 5.41) is 0. The third-order valence-corrected chi connectivity index (χ3v) is 3.02. The van der Waals surface area contributed by atoms with E-state index >= 15 is 0 Å². The SMILES string of the molecule is Cc1nccc(C(=O)c2ccc(C(C)(C)C)cc2)n1. The van der Waals surface area contributed by atoms with Crippen LogP contribution in [-0.4, -0.2) is 15.8 Å². The highest BCUT2D eigenvalue weighted by atomic mass is 16.1. The number of aromatic nitrogens is 2. The van der Waals surface area contributed by atoms with Crippen LogP contribution >= 0.6 is 0 Å². The maximum atomic E-state index is 12.3. The van der Waals surface area contributed by atoms with Crippen molar-refractivity contribution in [2.24, 2.45) is 0 Å². The van der Waals surface area contributed by atoms with Gasteiger partial charge in [-0.3, -0.25) is 4.79 Å². The van der Waals surface area contributed by atoms with Gasteiger partial charge < -0.3 is 0 Å². The number of hydrogen-bond acceptors (Lipinski definition) is 3. The second-order valence-electron chi connectivity index (χ2n) is 5.65. The molecule has 1 aromatic heterocycles. The fourth-order valence-corrected chi connectivity index (χ4v) is 1.85. The van der Waals surface area contributed by atoms with Gasteiger partial charge in [0.2, 0.25) is 5.78 Å². The zero-order chi connectivity index (χ0) is 14.0. The number of carbonyl (C=O) groups is 1. The summed E-state index contributed by atoms with van der Waals surface area (Å²) in [6.45, 7) is 8.23. The summed E-state index contributed by atoms with van der Waals surface area (Å²) in [4.78, 5) is 20.4. The van der Waals surface area contributed by atoms with E-state index in [4.69, 9.17) is 0 Å². The van der Waals surface area contributed by atoms with E-state index in [0.717, 1.165) is 0 Å². The number of hydrogen-bond donors (Lipinski definition) is 0. The van der Waals surface area contributed by atoms with Crippen molar-refractivity contribution in [1.29, 1.82) is 0 Å². The van der Waals surface area contributed by atoms with Gasteiger partial charge in [-0.1, -0.05) is 45.0 Å². The van der Waals surface area contributed by atoms with Crippen LogP contribution in [0.2, 0.25) is 0 Å². The van der Waals surface area contributed by atoms with E-state index in [0.29, 0.717) is 17.1 Å². The molecule has 0 fully saturated rings. The second kappa shape index (κ2) is 4.92. The average Bonchev–Trinajstić information content (AvgIpc) is 2.37. The van der Waals surface area contributed by atoms with E-state index in [1.807, 2.05) is 24.3 Å². The number of aryl methyl sites for hydroxylation is 1. The van der Waals surface area contributed by atoms with Gasteiger partial charge in [0.1, 0.15) is 11.5 Å². The predicted molar refractivity (Wildman–Crippen MR) is 75.3 cm³/mol. The van der Waals surface area contributed by atoms with Crippen molar-refractivity contribution in [3.8, 4) is 0 Å². The lowest BCUT2D eigenvalue weighted by Gasteiger charge is -2.18. The van der Waals surface area contributed by atoms with Gasteiger partial charge in [-0.15, -0.1) is 0 Å². The molecule has 0 saturated carbocycles. The van der Waals surface area contributed by atoms with Crippen LogP contribution < -0.4 is 0 Å². The lowest BCUT2D eigenvalue weighted by atomic mass is 9.86. The third-order valence-electron chi connectivity index (χ3n) is 3.02. The number of rotatable bonds is 2. The molecule has 2 aromatic rings. The van der Waals surface area contributed by atoms with Crippen molar-refractivity contribution in [3.05, 3.63) is 59.2 Å². The first-order valence-corrected chi connectivity index (χ1v) is 6.33. The number of carbonyl (C=O) groups excluding carboxylic acids is 1. The smallest absolute Gasteiger partial charge is 0.211 e. The molecule has 3 nitrogen and oxygen atoms in total. The first kappa shape index (κ1) is 13.4. The van der Waals surface area contributed by atoms with Crippen molar-refractivity contribution in [2.45, 2.75) is 33.1 Å². The Labute approximate surface area is 113 Å². The molecule has 0 radical (unpaired) electrons. The van der Waals surface area contributed by atoms with Gasteiger partial charge in [0.15, 0.2) is 0 Å². The highest BCUT2D eigenvalue weighted by Gasteiger charge is 2.15. The standard InChI is InChI=1S/C16H18N2O/c1-11-17-10-9-14(18-11)15(19)12-5-7-13(8-6-12)16(2,3)4/h5-10H,1-4H3. The molecule has 0 bridgehead atoms. The molecule has 0 unspecified atom stereocenters. The average molecular weight is 254 g/mol. The molecule has 0 aliphatic heterocycles. The first-order valence-electron chi connectivity index (χ1n) is 6.33. The largest absolute Gasteiger partial charge is 0.287 e. The van der Waals surface area contributed by atoms with Crippen molar-refractivity contribution in [3.63, 3.8) is 0 Å². The van der Waals surface area contributed by atoms with Crippen LogP contribution in [0.5, 0.6) is 0 Å². The summed E-state index contributed by atoms with van der Waals surface area (Å²) in [5.74, 6) is 0.545. The van der Waals surface area contributed by atoms with Crippen LogP contribution in [0.1, 0.15) is 48.2 Å². The molecule has 3 heteroatoms. The Morgan fingerprint density at radius 3 is 2.21 bits per heavy atom. The Balaban J connectivity index is 2.30.